The SMILES string of the molecule is Cc1cc(OCc2c(F)cccc2F)n2nc(C)c(-c3cncnc3)c2c1. The molecule has 7 heteroatoms. The molecule has 3 heterocycles. The van der Waals surface area contributed by atoms with Gasteiger partial charge >= 0.3 is 0 Å². The van der Waals surface area contributed by atoms with Gasteiger partial charge in [-0.05, 0) is 37.6 Å². The van der Waals surface area contributed by atoms with Gasteiger partial charge in [0.25, 0.3) is 0 Å². The van der Waals surface area contributed by atoms with E-state index in [9.17, 15) is 8.78 Å². The molecule has 0 aliphatic heterocycles. The summed E-state index contributed by atoms with van der Waals surface area (Å²) in [5, 5.41) is 4.54. The second-order valence-corrected chi connectivity index (χ2v) is 6.24. The minimum absolute atomic E-state index is 0.118. The van der Waals surface area contributed by atoms with Gasteiger partial charge in [-0.25, -0.2) is 23.3 Å². The van der Waals surface area contributed by atoms with Crippen molar-refractivity contribution < 1.29 is 13.5 Å². The van der Waals surface area contributed by atoms with Gasteiger partial charge in [0.05, 0.1) is 16.8 Å². The molecule has 0 unspecified atom stereocenters. The number of halogens is 2. The van der Waals surface area contributed by atoms with E-state index in [4.69, 9.17) is 4.74 Å². The Morgan fingerprint density at radius 2 is 1.74 bits per heavy atom. The molecular formula is C20H16F2N4O. The zero-order valence-corrected chi connectivity index (χ0v) is 14.8. The summed E-state index contributed by atoms with van der Waals surface area (Å²) in [4.78, 5) is 8.13. The Bertz CT molecular complexity index is 1110. The van der Waals surface area contributed by atoms with Crippen LogP contribution < -0.4 is 4.74 Å². The molecule has 0 N–H and O–H groups in total. The summed E-state index contributed by atoms with van der Waals surface area (Å²) < 4.78 is 35.1. The topological polar surface area (TPSA) is 52.3 Å². The lowest BCUT2D eigenvalue weighted by Gasteiger charge is -2.11. The molecular weight excluding hydrogens is 350 g/mol. The van der Waals surface area contributed by atoms with Gasteiger partial charge < -0.3 is 4.74 Å². The van der Waals surface area contributed by atoms with Gasteiger partial charge in [0, 0.05) is 29.6 Å². The van der Waals surface area contributed by atoms with E-state index in [1.165, 1.54) is 24.5 Å². The number of hydrogen-bond acceptors (Lipinski definition) is 4. The maximum atomic E-state index is 13.9. The van der Waals surface area contributed by atoms with Crippen LogP contribution in [-0.2, 0) is 6.61 Å². The Labute approximate surface area is 154 Å². The fraction of sp³-hybridized carbons (Fsp3) is 0.150. The number of hydrogen-bond donors (Lipinski definition) is 0. The Morgan fingerprint density at radius 1 is 1.04 bits per heavy atom. The van der Waals surface area contributed by atoms with Crippen molar-refractivity contribution in [2.75, 3.05) is 0 Å². The lowest BCUT2D eigenvalue weighted by Crippen LogP contribution is -2.05. The van der Waals surface area contributed by atoms with Crippen LogP contribution in [0.5, 0.6) is 5.88 Å². The van der Waals surface area contributed by atoms with Gasteiger partial charge in [-0.2, -0.15) is 5.10 Å². The molecule has 0 radical (unpaired) electrons. The molecule has 0 amide bonds. The Kier molecular flexibility index (Phi) is 4.27. The first-order valence-electron chi connectivity index (χ1n) is 8.35. The van der Waals surface area contributed by atoms with Crippen molar-refractivity contribution >= 4 is 5.52 Å². The number of fused-ring (bicyclic) bond motifs is 1. The average molecular weight is 366 g/mol. The average Bonchev–Trinajstić information content (AvgIpc) is 2.97. The quantitative estimate of drug-likeness (QED) is 0.541. The summed E-state index contributed by atoms with van der Waals surface area (Å²) in [6.07, 6.45) is 4.90. The minimum atomic E-state index is -0.641. The number of pyridine rings is 1. The number of benzene rings is 1. The minimum Gasteiger partial charge on any atom is -0.473 e. The molecule has 0 saturated heterocycles. The molecule has 0 aliphatic rings. The normalized spacial score (nSPS) is 11.1. The molecule has 0 fully saturated rings. The molecule has 1 aromatic carbocycles. The first-order valence-corrected chi connectivity index (χ1v) is 8.35. The molecule has 0 atom stereocenters. The van der Waals surface area contributed by atoms with Crippen molar-refractivity contribution in [1.29, 1.82) is 0 Å². The summed E-state index contributed by atoms with van der Waals surface area (Å²) in [7, 11) is 0. The number of ether oxygens (including phenoxy) is 1. The van der Waals surface area contributed by atoms with E-state index in [0.717, 1.165) is 27.9 Å². The van der Waals surface area contributed by atoms with Gasteiger partial charge in [-0.15, -0.1) is 0 Å². The molecule has 0 spiro atoms. The zero-order chi connectivity index (χ0) is 19.0. The van der Waals surface area contributed by atoms with E-state index >= 15 is 0 Å². The van der Waals surface area contributed by atoms with Crippen LogP contribution in [0.1, 0.15) is 16.8 Å². The molecule has 27 heavy (non-hydrogen) atoms. The van der Waals surface area contributed by atoms with Gasteiger partial charge in [-0.1, -0.05) is 6.07 Å². The Balaban J connectivity index is 1.78. The molecule has 5 nitrogen and oxygen atoms in total. The van der Waals surface area contributed by atoms with Gasteiger partial charge in [0.2, 0.25) is 5.88 Å². The highest BCUT2D eigenvalue weighted by Gasteiger charge is 2.17. The van der Waals surface area contributed by atoms with Crippen molar-refractivity contribution in [2.45, 2.75) is 20.5 Å². The van der Waals surface area contributed by atoms with Gasteiger partial charge in [0.15, 0.2) is 0 Å². The molecule has 0 saturated carbocycles. The maximum Gasteiger partial charge on any atom is 0.215 e. The highest BCUT2D eigenvalue weighted by molar-refractivity contribution is 5.82. The van der Waals surface area contributed by atoms with Gasteiger partial charge in [-0.3, -0.25) is 0 Å². The molecule has 4 aromatic rings. The largest absolute Gasteiger partial charge is 0.473 e. The Hall–Kier alpha value is -3.35. The molecule has 136 valence electrons. The standard InChI is InChI=1S/C20H16F2N4O/c1-12-6-18-20(14-8-23-11-24-9-14)13(2)25-26(18)19(7-12)27-10-15-16(21)4-3-5-17(15)22/h3-9,11H,10H2,1-2H3. The van der Waals surface area contributed by atoms with E-state index in [2.05, 4.69) is 15.1 Å². The number of aromatic nitrogens is 4. The van der Waals surface area contributed by atoms with Crippen LogP contribution in [0, 0.1) is 25.5 Å². The van der Waals surface area contributed by atoms with E-state index < -0.39 is 11.6 Å². The van der Waals surface area contributed by atoms with Crippen LogP contribution in [0.25, 0.3) is 16.6 Å². The third-order valence-corrected chi connectivity index (χ3v) is 4.30. The summed E-state index contributed by atoms with van der Waals surface area (Å²) in [5.74, 6) is -0.880. The smallest absolute Gasteiger partial charge is 0.215 e. The maximum absolute atomic E-state index is 13.9. The molecule has 0 aliphatic carbocycles. The second kappa shape index (κ2) is 6.75. The summed E-state index contributed by atoms with van der Waals surface area (Å²) in [6, 6.07) is 7.49. The van der Waals surface area contributed by atoms with Gasteiger partial charge in [0.1, 0.15) is 24.6 Å². The van der Waals surface area contributed by atoms with Crippen molar-refractivity contribution in [2.24, 2.45) is 0 Å². The third-order valence-electron chi connectivity index (χ3n) is 4.30. The number of aryl methyl sites for hydroxylation is 2. The molecule has 0 bridgehead atoms. The summed E-state index contributed by atoms with van der Waals surface area (Å²) in [6.45, 7) is 3.56. The fourth-order valence-corrected chi connectivity index (χ4v) is 3.06. The van der Waals surface area contributed by atoms with Crippen LogP contribution in [0.4, 0.5) is 8.78 Å². The highest BCUT2D eigenvalue weighted by atomic mass is 19.1. The van der Waals surface area contributed by atoms with Crippen LogP contribution >= 0.6 is 0 Å². The first-order chi connectivity index (χ1) is 13.0. The van der Waals surface area contributed by atoms with E-state index in [1.54, 1.807) is 23.0 Å². The predicted octanol–water partition coefficient (Wildman–Crippen LogP) is 4.27. The second-order valence-electron chi connectivity index (χ2n) is 6.24. The zero-order valence-electron chi connectivity index (χ0n) is 14.8. The van der Waals surface area contributed by atoms with Crippen LogP contribution in [0.15, 0.2) is 49.1 Å². The van der Waals surface area contributed by atoms with Crippen molar-refractivity contribution in [3.63, 3.8) is 0 Å². The third kappa shape index (κ3) is 3.12. The molecule has 4 rings (SSSR count). The summed E-state index contributed by atoms with van der Waals surface area (Å²) >= 11 is 0. The molecule has 3 aromatic heterocycles. The van der Waals surface area contributed by atoms with E-state index in [0.29, 0.717) is 5.88 Å². The first kappa shape index (κ1) is 17.1. The predicted molar refractivity (Wildman–Crippen MR) is 96.4 cm³/mol. The lowest BCUT2D eigenvalue weighted by atomic mass is 10.1. The van der Waals surface area contributed by atoms with Crippen molar-refractivity contribution in [3.8, 4) is 17.0 Å². The van der Waals surface area contributed by atoms with Crippen LogP contribution in [0.3, 0.4) is 0 Å². The van der Waals surface area contributed by atoms with Crippen LogP contribution in [0.2, 0.25) is 0 Å². The number of nitrogens with zero attached hydrogens (tertiary/aromatic N) is 4. The van der Waals surface area contributed by atoms with Crippen molar-refractivity contribution in [1.82, 2.24) is 19.6 Å². The van der Waals surface area contributed by atoms with Crippen LogP contribution in [-0.4, -0.2) is 19.6 Å². The Morgan fingerprint density at radius 3 is 2.44 bits per heavy atom. The van der Waals surface area contributed by atoms with E-state index in [-0.39, 0.29) is 12.2 Å². The fourth-order valence-electron chi connectivity index (χ4n) is 3.06. The highest BCUT2D eigenvalue weighted by Crippen LogP contribution is 2.31. The summed E-state index contributed by atoms with van der Waals surface area (Å²) in [5.41, 5.74) is 4.13. The van der Waals surface area contributed by atoms with Crippen molar-refractivity contribution in [3.05, 3.63) is 77.5 Å². The lowest BCUT2D eigenvalue weighted by molar-refractivity contribution is 0.274. The van der Waals surface area contributed by atoms with E-state index in [1.807, 2.05) is 19.9 Å². The number of rotatable bonds is 4. The monoisotopic (exact) mass is 366 g/mol.